The minimum Gasteiger partial charge on any atom is -0.469 e. The molecule has 94 valence electrons. The summed E-state index contributed by atoms with van der Waals surface area (Å²) in [6, 6.07) is 1.50. The van der Waals surface area contributed by atoms with Gasteiger partial charge in [-0.3, -0.25) is 4.79 Å². The third-order valence-corrected chi connectivity index (χ3v) is 3.21. The van der Waals surface area contributed by atoms with Crippen molar-refractivity contribution in [3.63, 3.8) is 0 Å². The molecule has 0 aliphatic rings. The maximum Gasteiger partial charge on any atom is 0.310 e. The van der Waals surface area contributed by atoms with Crippen LogP contribution < -0.4 is 0 Å². The van der Waals surface area contributed by atoms with Gasteiger partial charge >= 0.3 is 5.97 Å². The number of methoxy groups -OCH3 is 1. The molecule has 0 aliphatic heterocycles. The second-order valence-electron chi connectivity index (χ2n) is 3.16. The molecule has 0 bridgehead atoms. The van der Waals surface area contributed by atoms with Crippen LogP contribution in [0.3, 0.4) is 0 Å². The molecule has 1 rings (SSSR count). The molecule has 0 saturated carbocycles. The Morgan fingerprint density at radius 1 is 1.65 bits per heavy atom. The molecule has 3 nitrogen and oxygen atoms in total. The van der Waals surface area contributed by atoms with E-state index >= 15 is 0 Å². The van der Waals surface area contributed by atoms with Gasteiger partial charge < -0.3 is 4.74 Å². The minimum absolute atomic E-state index is 0.00116. The number of carbonyl (C=O) groups excluding carboxylic acids is 1. The van der Waals surface area contributed by atoms with Crippen LogP contribution in [0.1, 0.15) is 23.4 Å². The fraction of sp³-hybridized carbons (Fsp3) is 0.400. The number of pyridine rings is 1. The first-order chi connectivity index (χ1) is 7.99. The number of hydrogen-bond acceptors (Lipinski definition) is 3. The van der Waals surface area contributed by atoms with Crippen molar-refractivity contribution in [3.8, 4) is 0 Å². The van der Waals surface area contributed by atoms with E-state index in [9.17, 15) is 13.6 Å². The molecule has 0 atom stereocenters. The lowest BCUT2D eigenvalue weighted by molar-refractivity contribution is -0.139. The Hall–Kier alpha value is -0.750. The third kappa shape index (κ3) is 3.61. The van der Waals surface area contributed by atoms with Crippen LogP contribution in [0.25, 0.3) is 0 Å². The lowest BCUT2D eigenvalue weighted by Gasteiger charge is -2.10. The van der Waals surface area contributed by atoms with Crippen molar-refractivity contribution in [2.24, 2.45) is 0 Å². The Morgan fingerprint density at radius 2 is 2.29 bits per heavy atom. The summed E-state index contributed by atoms with van der Waals surface area (Å²) in [5.74, 6) is -0.515. The van der Waals surface area contributed by atoms with Gasteiger partial charge in [-0.15, -0.1) is 11.6 Å². The van der Waals surface area contributed by atoms with Crippen LogP contribution in [0.2, 0.25) is 0 Å². The van der Waals surface area contributed by atoms with Gasteiger partial charge in [0.15, 0.2) is 0 Å². The van der Waals surface area contributed by atoms with Crippen molar-refractivity contribution in [2.45, 2.75) is 18.7 Å². The third-order valence-electron chi connectivity index (χ3n) is 2.02. The van der Waals surface area contributed by atoms with E-state index in [2.05, 4.69) is 25.7 Å². The average Bonchev–Trinajstić information content (AvgIpc) is 2.31. The second kappa shape index (κ2) is 6.26. The summed E-state index contributed by atoms with van der Waals surface area (Å²) < 4.78 is 30.0. The number of hydrogen-bond donors (Lipinski definition) is 0. The summed E-state index contributed by atoms with van der Waals surface area (Å²) in [7, 11) is 1.23. The van der Waals surface area contributed by atoms with E-state index in [-0.39, 0.29) is 16.8 Å². The number of rotatable bonds is 4. The molecule has 0 saturated heterocycles. The topological polar surface area (TPSA) is 39.2 Å². The lowest BCUT2D eigenvalue weighted by atomic mass is 10.1. The average molecular weight is 329 g/mol. The molecule has 17 heavy (non-hydrogen) atoms. The van der Waals surface area contributed by atoms with E-state index in [0.29, 0.717) is 11.3 Å². The number of esters is 1. The van der Waals surface area contributed by atoms with Crippen LogP contribution in [0.5, 0.6) is 0 Å². The summed E-state index contributed by atoms with van der Waals surface area (Å²) in [4.78, 5) is 14.8. The maximum atomic E-state index is 12.7. The lowest BCUT2D eigenvalue weighted by Crippen LogP contribution is -2.08. The Bertz CT molecular complexity index is 429. The van der Waals surface area contributed by atoms with Gasteiger partial charge in [0.2, 0.25) is 0 Å². The van der Waals surface area contributed by atoms with Crippen molar-refractivity contribution < 1.29 is 18.3 Å². The van der Waals surface area contributed by atoms with Gasteiger partial charge in [-0.1, -0.05) is 0 Å². The summed E-state index contributed by atoms with van der Waals surface area (Å²) in [6.07, 6.45) is -2.84. The zero-order chi connectivity index (χ0) is 13.0. The standard InChI is InChI=1S/C10H9BrClF2NO2/c1-17-7(16)3-5-2-6(4-12)15-9(8(5)11)10(13)14/h2,10H,3-4H2,1H3. The van der Waals surface area contributed by atoms with Crippen molar-refractivity contribution in [1.29, 1.82) is 0 Å². The molecule has 1 aromatic heterocycles. The van der Waals surface area contributed by atoms with Crippen molar-refractivity contribution in [1.82, 2.24) is 4.98 Å². The van der Waals surface area contributed by atoms with Crippen LogP contribution in [0.15, 0.2) is 10.5 Å². The molecular weight excluding hydrogens is 319 g/mol. The van der Waals surface area contributed by atoms with Crippen molar-refractivity contribution in [2.75, 3.05) is 7.11 Å². The molecule has 0 amide bonds. The summed E-state index contributed by atoms with van der Waals surface area (Å²) >= 11 is 8.57. The monoisotopic (exact) mass is 327 g/mol. The van der Waals surface area contributed by atoms with Crippen molar-refractivity contribution >= 4 is 33.5 Å². The number of nitrogens with zero attached hydrogens (tertiary/aromatic N) is 1. The first kappa shape index (κ1) is 14.3. The van der Waals surface area contributed by atoms with Gasteiger partial charge in [0.1, 0.15) is 5.69 Å². The molecule has 0 aliphatic carbocycles. The zero-order valence-corrected chi connectivity index (χ0v) is 11.2. The van der Waals surface area contributed by atoms with Gasteiger partial charge in [0.05, 0.1) is 25.1 Å². The summed E-state index contributed by atoms with van der Waals surface area (Å²) in [5.41, 5.74) is 0.268. The van der Waals surface area contributed by atoms with Crippen LogP contribution in [-0.2, 0) is 21.8 Å². The van der Waals surface area contributed by atoms with Crippen LogP contribution >= 0.6 is 27.5 Å². The highest BCUT2D eigenvalue weighted by Gasteiger charge is 2.19. The molecule has 0 unspecified atom stereocenters. The van der Waals surface area contributed by atoms with Crippen LogP contribution in [0.4, 0.5) is 8.78 Å². The molecule has 0 fully saturated rings. The minimum atomic E-state index is -2.73. The fourth-order valence-corrected chi connectivity index (χ4v) is 1.89. The van der Waals surface area contributed by atoms with E-state index in [1.165, 1.54) is 13.2 Å². The number of carbonyl (C=O) groups is 1. The normalized spacial score (nSPS) is 10.7. The van der Waals surface area contributed by atoms with E-state index < -0.39 is 18.1 Å². The first-order valence-corrected chi connectivity index (χ1v) is 5.91. The molecule has 0 radical (unpaired) electrons. The number of aromatic nitrogens is 1. The molecular formula is C10H9BrClF2NO2. The second-order valence-corrected chi connectivity index (χ2v) is 4.22. The molecule has 0 aromatic carbocycles. The Morgan fingerprint density at radius 3 is 2.76 bits per heavy atom. The SMILES string of the molecule is COC(=O)Cc1cc(CCl)nc(C(F)F)c1Br. The maximum absolute atomic E-state index is 12.7. The summed E-state index contributed by atoms with van der Waals surface area (Å²) in [6.45, 7) is 0. The molecule has 7 heteroatoms. The summed E-state index contributed by atoms with van der Waals surface area (Å²) in [5, 5.41) is 0. The number of alkyl halides is 3. The van der Waals surface area contributed by atoms with Gasteiger partial charge in [-0.25, -0.2) is 13.8 Å². The number of halogens is 4. The van der Waals surface area contributed by atoms with Crippen LogP contribution in [0, 0.1) is 0 Å². The van der Waals surface area contributed by atoms with Gasteiger partial charge in [-0.2, -0.15) is 0 Å². The predicted octanol–water partition coefficient (Wildman–Crippen LogP) is 3.24. The smallest absolute Gasteiger partial charge is 0.310 e. The van der Waals surface area contributed by atoms with E-state index in [0.717, 1.165) is 0 Å². The molecule has 0 spiro atoms. The highest BCUT2D eigenvalue weighted by atomic mass is 79.9. The number of ether oxygens (including phenoxy) is 1. The first-order valence-electron chi connectivity index (χ1n) is 4.58. The largest absolute Gasteiger partial charge is 0.469 e. The fourth-order valence-electron chi connectivity index (χ4n) is 1.23. The predicted molar refractivity (Wildman–Crippen MR) is 62.2 cm³/mol. The van der Waals surface area contributed by atoms with E-state index in [1.807, 2.05) is 0 Å². The highest BCUT2D eigenvalue weighted by molar-refractivity contribution is 9.10. The van der Waals surface area contributed by atoms with E-state index in [1.54, 1.807) is 0 Å². The molecule has 0 N–H and O–H groups in total. The van der Waals surface area contributed by atoms with Gasteiger partial charge in [0, 0.05) is 4.47 Å². The van der Waals surface area contributed by atoms with Crippen LogP contribution in [-0.4, -0.2) is 18.1 Å². The molecule has 1 aromatic rings. The Labute approximate surface area is 110 Å². The Balaban J connectivity index is 3.19. The van der Waals surface area contributed by atoms with E-state index in [4.69, 9.17) is 11.6 Å². The zero-order valence-electron chi connectivity index (χ0n) is 8.84. The highest BCUT2D eigenvalue weighted by Crippen LogP contribution is 2.30. The van der Waals surface area contributed by atoms with Gasteiger partial charge in [-0.05, 0) is 27.6 Å². The Kier molecular flexibility index (Phi) is 5.27. The quantitative estimate of drug-likeness (QED) is 0.629. The van der Waals surface area contributed by atoms with Gasteiger partial charge in [0.25, 0.3) is 6.43 Å². The molecule has 1 heterocycles. The van der Waals surface area contributed by atoms with Crippen molar-refractivity contribution in [3.05, 3.63) is 27.5 Å².